The summed E-state index contributed by atoms with van der Waals surface area (Å²) in [5.41, 5.74) is 5.77. The molecule has 0 bridgehead atoms. The second kappa shape index (κ2) is 6.45. The molecule has 1 saturated heterocycles. The van der Waals surface area contributed by atoms with Crippen LogP contribution in [-0.2, 0) is 0 Å². The molecule has 1 fully saturated rings. The fourth-order valence-electron chi connectivity index (χ4n) is 3.16. The summed E-state index contributed by atoms with van der Waals surface area (Å²) >= 11 is 0. The number of carbonyl (C=O) groups is 1. The highest BCUT2D eigenvalue weighted by Crippen LogP contribution is 2.32. The molecule has 1 heterocycles. The van der Waals surface area contributed by atoms with Crippen molar-refractivity contribution in [3.8, 4) is 0 Å². The first kappa shape index (κ1) is 15.6. The highest BCUT2D eigenvalue weighted by Gasteiger charge is 2.29. The van der Waals surface area contributed by atoms with Crippen molar-refractivity contribution in [2.45, 2.75) is 39.7 Å². The minimum absolute atomic E-state index is 0.00340. The fourth-order valence-corrected chi connectivity index (χ4v) is 3.16. The molecule has 0 spiro atoms. The molecule has 23 heavy (non-hydrogen) atoms. The van der Waals surface area contributed by atoms with Crippen molar-refractivity contribution in [1.29, 1.82) is 0 Å². The van der Waals surface area contributed by atoms with Crippen molar-refractivity contribution in [3.63, 3.8) is 0 Å². The number of aryl methyl sites for hydroxylation is 3. The first-order valence-electron chi connectivity index (χ1n) is 8.26. The van der Waals surface area contributed by atoms with Crippen molar-refractivity contribution >= 4 is 11.7 Å². The number of carbonyl (C=O) groups excluding carboxylic acids is 1. The Kier molecular flexibility index (Phi) is 4.37. The molecule has 0 aromatic heterocycles. The fraction of sp³-hybridized carbons (Fsp3) is 0.350. The van der Waals surface area contributed by atoms with E-state index in [9.17, 15) is 4.79 Å². The predicted octanol–water partition coefficient (Wildman–Crippen LogP) is 4.98. The minimum atomic E-state index is -0.00340. The van der Waals surface area contributed by atoms with E-state index in [1.807, 2.05) is 23.1 Å². The molecule has 0 unspecified atom stereocenters. The van der Waals surface area contributed by atoms with E-state index < -0.39 is 0 Å². The summed E-state index contributed by atoms with van der Waals surface area (Å²) < 4.78 is 0. The SMILES string of the molecule is Cc1ccc([C@@H]2CCCN2C(=O)Nc2ccc(C)c(C)c2)cc1. The molecule has 2 aromatic rings. The lowest BCUT2D eigenvalue weighted by molar-refractivity contribution is 0.207. The molecule has 2 aromatic carbocycles. The molecular weight excluding hydrogens is 284 g/mol. The lowest BCUT2D eigenvalue weighted by Gasteiger charge is -2.25. The number of hydrogen-bond donors (Lipinski definition) is 1. The third-order valence-electron chi connectivity index (χ3n) is 4.73. The standard InChI is InChI=1S/C20H24N2O/c1-14-6-9-17(10-7-14)19-5-4-12-22(19)20(23)21-18-11-8-15(2)16(3)13-18/h6-11,13,19H,4-5,12H2,1-3H3,(H,21,23)/t19-/m0/s1. The van der Waals surface area contributed by atoms with Gasteiger partial charge in [-0.05, 0) is 62.4 Å². The number of hydrogen-bond acceptors (Lipinski definition) is 1. The normalized spacial score (nSPS) is 17.3. The van der Waals surface area contributed by atoms with Crippen LogP contribution in [-0.4, -0.2) is 17.5 Å². The Morgan fingerprint density at radius 3 is 2.48 bits per heavy atom. The predicted molar refractivity (Wildman–Crippen MR) is 94.8 cm³/mol. The van der Waals surface area contributed by atoms with Crippen LogP contribution in [0.4, 0.5) is 10.5 Å². The smallest absolute Gasteiger partial charge is 0.317 e. The van der Waals surface area contributed by atoms with Crippen molar-refractivity contribution in [2.75, 3.05) is 11.9 Å². The van der Waals surface area contributed by atoms with Gasteiger partial charge in [-0.25, -0.2) is 4.79 Å². The summed E-state index contributed by atoms with van der Waals surface area (Å²) in [4.78, 5) is 14.6. The van der Waals surface area contributed by atoms with Gasteiger partial charge in [0.15, 0.2) is 0 Å². The Morgan fingerprint density at radius 2 is 1.78 bits per heavy atom. The van der Waals surface area contributed by atoms with Crippen molar-refractivity contribution in [2.24, 2.45) is 0 Å². The van der Waals surface area contributed by atoms with Gasteiger partial charge in [-0.2, -0.15) is 0 Å². The van der Waals surface area contributed by atoms with E-state index >= 15 is 0 Å². The van der Waals surface area contributed by atoms with E-state index in [1.165, 1.54) is 22.3 Å². The number of rotatable bonds is 2. The summed E-state index contributed by atoms with van der Waals surface area (Å²) in [5, 5.41) is 3.05. The quantitative estimate of drug-likeness (QED) is 0.833. The number of amides is 2. The molecule has 0 saturated carbocycles. The molecule has 120 valence electrons. The number of nitrogens with one attached hydrogen (secondary N) is 1. The maximum Gasteiger partial charge on any atom is 0.322 e. The van der Waals surface area contributed by atoms with Crippen LogP contribution < -0.4 is 5.32 Å². The first-order valence-corrected chi connectivity index (χ1v) is 8.26. The lowest BCUT2D eigenvalue weighted by Crippen LogP contribution is -2.34. The van der Waals surface area contributed by atoms with Gasteiger partial charge in [0.1, 0.15) is 0 Å². The van der Waals surface area contributed by atoms with Crippen LogP contribution in [0.15, 0.2) is 42.5 Å². The van der Waals surface area contributed by atoms with Gasteiger partial charge >= 0.3 is 6.03 Å². The average Bonchev–Trinajstić information content (AvgIpc) is 3.01. The van der Waals surface area contributed by atoms with E-state index in [0.29, 0.717) is 0 Å². The van der Waals surface area contributed by atoms with Crippen LogP contribution in [0.1, 0.15) is 41.1 Å². The van der Waals surface area contributed by atoms with Crippen LogP contribution >= 0.6 is 0 Å². The zero-order valence-electron chi connectivity index (χ0n) is 14.1. The molecular formula is C20H24N2O. The maximum absolute atomic E-state index is 12.7. The summed E-state index contributed by atoms with van der Waals surface area (Å²) in [7, 11) is 0. The van der Waals surface area contributed by atoms with E-state index in [2.05, 4.69) is 50.4 Å². The molecule has 1 aliphatic rings. The average molecular weight is 308 g/mol. The summed E-state index contributed by atoms with van der Waals surface area (Å²) in [6.07, 6.45) is 2.09. The van der Waals surface area contributed by atoms with E-state index in [4.69, 9.17) is 0 Å². The summed E-state index contributed by atoms with van der Waals surface area (Å²) in [6.45, 7) is 7.04. The molecule has 0 aliphatic carbocycles. The zero-order valence-corrected chi connectivity index (χ0v) is 14.1. The third-order valence-corrected chi connectivity index (χ3v) is 4.73. The summed E-state index contributed by atoms with van der Waals surface area (Å²) in [5.74, 6) is 0. The minimum Gasteiger partial charge on any atom is -0.317 e. The van der Waals surface area contributed by atoms with Gasteiger partial charge < -0.3 is 10.2 Å². The number of nitrogens with zero attached hydrogens (tertiary/aromatic N) is 1. The topological polar surface area (TPSA) is 32.3 Å². The van der Waals surface area contributed by atoms with Gasteiger partial charge in [0, 0.05) is 12.2 Å². The third kappa shape index (κ3) is 3.39. The second-order valence-corrected chi connectivity index (χ2v) is 6.49. The maximum atomic E-state index is 12.7. The highest BCUT2D eigenvalue weighted by molar-refractivity contribution is 5.90. The van der Waals surface area contributed by atoms with Gasteiger partial charge in [-0.1, -0.05) is 35.9 Å². The van der Waals surface area contributed by atoms with Crippen LogP contribution in [0.25, 0.3) is 0 Å². The Labute approximate surface area is 138 Å². The van der Waals surface area contributed by atoms with Crippen molar-refractivity contribution in [3.05, 3.63) is 64.7 Å². The molecule has 1 atom stereocenters. The Bertz CT molecular complexity index is 706. The highest BCUT2D eigenvalue weighted by atomic mass is 16.2. The number of benzene rings is 2. The molecule has 0 radical (unpaired) electrons. The van der Waals surface area contributed by atoms with Gasteiger partial charge in [0.05, 0.1) is 6.04 Å². The molecule has 1 N–H and O–H groups in total. The van der Waals surface area contributed by atoms with Gasteiger partial charge in [0.2, 0.25) is 0 Å². The zero-order chi connectivity index (χ0) is 16.4. The Balaban J connectivity index is 1.75. The molecule has 3 rings (SSSR count). The molecule has 2 amide bonds. The summed E-state index contributed by atoms with van der Waals surface area (Å²) in [6, 6.07) is 14.7. The van der Waals surface area contributed by atoms with E-state index in [0.717, 1.165) is 25.1 Å². The van der Waals surface area contributed by atoms with E-state index in [-0.39, 0.29) is 12.1 Å². The molecule has 3 heteroatoms. The van der Waals surface area contributed by atoms with Gasteiger partial charge in [-0.15, -0.1) is 0 Å². The number of urea groups is 1. The van der Waals surface area contributed by atoms with Crippen LogP contribution in [0.2, 0.25) is 0 Å². The monoisotopic (exact) mass is 308 g/mol. The second-order valence-electron chi connectivity index (χ2n) is 6.49. The largest absolute Gasteiger partial charge is 0.322 e. The molecule has 1 aliphatic heterocycles. The van der Waals surface area contributed by atoms with Crippen LogP contribution in [0.3, 0.4) is 0 Å². The van der Waals surface area contributed by atoms with Crippen molar-refractivity contribution < 1.29 is 4.79 Å². The number of anilines is 1. The number of likely N-dealkylation sites (tertiary alicyclic amines) is 1. The van der Waals surface area contributed by atoms with Crippen molar-refractivity contribution in [1.82, 2.24) is 4.90 Å². The van der Waals surface area contributed by atoms with E-state index in [1.54, 1.807) is 0 Å². The first-order chi connectivity index (χ1) is 11.0. The Morgan fingerprint density at radius 1 is 1.04 bits per heavy atom. The Hall–Kier alpha value is -2.29. The molecule has 3 nitrogen and oxygen atoms in total. The van der Waals surface area contributed by atoms with Gasteiger partial charge in [-0.3, -0.25) is 0 Å². The van der Waals surface area contributed by atoms with Crippen LogP contribution in [0, 0.1) is 20.8 Å². The lowest BCUT2D eigenvalue weighted by atomic mass is 10.0. The van der Waals surface area contributed by atoms with Crippen LogP contribution in [0.5, 0.6) is 0 Å². The van der Waals surface area contributed by atoms with Gasteiger partial charge in [0.25, 0.3) is 0 Å².